The summed E-state index contributed by atoms with van der Waals surface area (Å²) in [6, 6.07) is 6.47. The van der Waals surface area contributed by atoms with E-state index in [1.807, 2.05) is 0 Å². The smallest absolute Gasteiger partial charge is 0.143 e. The Hall–Kier alpha value is -1.18. The van der Waals surface area contributed by atoms with Crippen molar-refractivity contribution in [3.8, 4) is 5.75 Å². The number of rotatable bonds is 2. The summed E-state index contributed by atoms with van der Waals surface area (Å²) in [6.45, 7) is 9.72. The predicted molar refractivity (Wildman–Crippen MR) is 68.3 cm³/mol. The molecule has 1 heterocycles. The lowest BCUT2D eigenvalue weighted by Crippen LogP contribution is -2.34. The minimum absolute atomic E-state index is 0.287. The Morgan fingerprint density at radius 2 is 2.00 bits per heavy atom. The van der Waals surface area contributed by atoms with Crippen LogP contribution in [0.5, 0.6) is 5.75 Å². The fourth-order valence-electron chi connectivity index (χ4n) is 1.93. The molecular formula is C14H21NO. The number of fused-ring (bicyclic) bond motifs is 1. The zero-order valence-corrected chi connectivity index (χ0v) is 10.6. The van der Waals surface area contributed by atoms with Gasteiger partial charge in [0.1, 0.15) is 11.9 Å². The third-order valence-electron chi connectivity index (χ3n) is 3.19. The molecule has 0 amide bonds. The van der Waals surface area contributed by atoms with Gasteiger partial charge in [0.05, 0.1) is 12.2 Å². The van der Waals surface area contributed by atoms with Gasteiger partial charge in [-0.25, -0.2) is 0 Å². The summed E-state index contributed by atoms with van der Waals surface area (Å²) >= 11 is 0. The van der Waals surface area contributed by atoms with Gasteiger partial charge in [-0.2, -0.15) is 0 Å². The molecule has 1 atom stereocenters. The second-order valence-corrected chi connectivity index (χ2v) is 5.19. The second kappa shape index (κ2) is 4.36. The third kappa shape index (κ3) is 2.16. The quantitative estimate of drug-likeness (QED) is 0.820. The van der Waals surface area contributed by atoms with Crippen LogP contribution in [0.25, 0.3) is 0 Å². The van der Waals surface area contributed by atoms with Gasteiger partial charge in [-0.05, 0) is 29.5 Å². The zero-order valence-electron chi connectivity index (χ0n) is 10.6. The first-order valence-corrected chi connectivity index (χ1v) is 6.12. The van der Waals surface area contributed by atoms with Crippen molar-refractivity contribution in [1.82, 2.24) is 0 Å². The molecule has 2 rings (SSSR count). The van der Waals surface area contributed by atoms with Crippen molar-refractivity contribution in [2.75, 3.05) is 11.9 Å². The maximum atomic E-state index is 6.02. The molecule has 0 radical (unpaired) electrons. The summed E-state index contributed by atoms with van der Waals surface area (Å²) in [5.41, 5.74) is 2.46. The summed E-state index contributed by atoms with van der Waals surface area (Å²) in [5, 5.41) is 3.44. The van der Waals surface area contributed by atoms with Gasteiger partial charge in [-0.1, -0.05) is 33.8 Å². The molecule has 1 aliphatic rings. The van der Waals surface area contributed by atoms with E-state index < -0.39 is 0 Å². The molecule has 0 saturated carbocycles. The predicted octanol–water partition coefficient (Wildman–Crippen LogP) is 3.64. The molecule has 1 unspecified atom stereocenters. The lowest BCUT2D eigenvalue weighted by molar-refractivity contribution is 0.156. The van der Waals surface area contributed by atoms with Gasteiger partial charge in [0.2, 0.25) is 0 Å². The highest BCUT2D eigenvalue weighted by molar-refractivity contribution is 5.59. The van der Waals surface area contributed by atoms with Crippen molar-refractivity contribution >= 4 is 5.69 Å². The van der Waals surface area contributed by atoms with Gasteiger partial charge in [0, 0.05) is 0 Å². The standard InChI is InChI=1S/C14H21NO/c1-9(2)11-5-6-12-13(7-11)16-14(8-15-12)10(3)4/h5-7,9-10,14-15H,8H2,1-4H3. The number of benzene rings is 1. The average Bonchev–Trinajstić information content (AvgIpc) is 2.27. The van der Waals surface area contributed by atoms with E-state index in [1.54, 1.807) is 0 Å². The minimum atomic E-state index is 0.287. The fraction of sp³-hybridized carbons (Fsp3) is 0.571. The Balaban J connectivity index is 2.25. The minimum Gasteiger partial charge on any atom is -0.486 e. The highest BCUT2D eigenvalue weighted by Crippen LogP contribution is 2.33. The molecule has 0 fully saturated rings. The van der Waals surface area contributed by atoms with Crippen LogP contribution in [-0.2, 0) is 0 Å². The number of ether oxygens (including phenoxy) is 1. The van der Waals surface area contributed by atoms with Crippen LogP contribution in [0.4, 0.5) is 5.69 Å². The first kappa shape index (κ1) is 11.3. The maximum absolute atomic E-state index is 6.02. The molecule has 0 spiro atoms. The monoisotopic (exact) mass is 219 g/mol. The molecule has 1 N–H and O–H groups in total. The van der Waals surface area contributed by atoms with Crippen LogP contribution in [0.3, 0.4) is 0 Å². The van der Waals surface area contributed by atoms with Crippen molar-refractivity contribution in [2.45, 2.75) is 39.7 Å². The van der Waals surface area contributed by atoms with Crippen molar-refractivity contribution in [1.29, 1.82) is 0 Å². The molecule has 2 nitrogen and oxygen atoms in total. The highest BCUT2D eigenvalue weighted by atomic mass is 16.5. The van der Waals surface area contributed by atoms with Gasteiger partial charge in [-0.15, -0.1) is 0 Å². The fourth-order valence-corrected chi connectivity index (χ4v) is 1.93. The summed E-state index contributed by atoms with van der Waals surface area (Å²) in [7, 11) is 0. The Labute approximate surface area is 98.0 Å². The Morgan fingerprint density at radius 1 is 1.25 bits per heavy atom. The van der Waals surface area contributed by atoms with Crippen LogP contribution in [0, 0.1) is 5.92 Å². The lowest BCUT2D eigenvalue weighted by atomic mass is 10.0. The van der Waals surface area contributed by atoms with Gasteiger partial charge in [-0.3, -0.25) is 0 Å². The summed E-state index contributed by atoms with van der Waals surface area (Å²) in [6.07, 6.45) is 0.287. The van der Waals surface area contributed by atoms with Crippen LogP contribution >= 0.6 is 0 Å². The highest BCUT2D eigenvalue weighted by Gasteiger charge is 2.22. The molecule has 0 saturated heterocycles. The van der Waals surface area contributed by atoms with Gasteiger partial charge < -0.3 is 10.1 Å². The molecule has 1 aromatic carbocycles. The van der Waals surface area contributed by atoms with E-state index in [2.05, 4.69) is 51.2 Å². The van der Waals surface area contributed by atoms with Crippen LogP contribution in [-0.4, -0.2) is 12.6 Å². The summed E-state index contributed by atoms with van der Waals surface area (Å²) in [4.78, 5) is 0. The van der Waals surface area contributed by atoms with E-state index in [-0.39, 0.29) is 6.10 Å². The van der Waals surface area contributed by atoms with Crippen LogP contribution < -0.4 is 10.1 Å². The zero-order chi connectivity index (χ0) is 11.7. The largest absolute Gasteiger partial charge is 0.486 e. The first-order chi connectivity index (χ1) is 7.58. The van der Waals surface area contributed by atoms with Crippen molar-refractivity contribution in [2.24, 2.45) is 5.92 Å². The van der Waals surface area contributed by atoms with E-state index in [9.17, 15) is 0 Å². The van der Waals surface area contributed by atoms with Gasteiger partial charge in [0.15, 0.2) is 0 Å². The molecular weight excluding hydrogens is 198 g/mol. The topological polar surface area (TPSA) is 21.3 Å². The van der Waals surface area contributed by atoms with Crippen molar-refractivity contribution < 1.29 is 4.74 Å². The molecule has 0 aliphatic carbocycles. The number of hydrogen-bond donors (Lipinski definition) is 1. The molecule has 16 heavy (non-hydrogen) atoms. The second-order valence-electron chi connectivity index (χ2n) is 5.19. The third-order valence-corrected chi connectivity index (χ3v) is 3.19. The molecule has 0 aromatic heterocycles. The average molecular weight is 219 g/mol. The molecule has 2 heteroatoms. The lowest BCUT2D eigenvalue weighted by Gasteiger charge is -2.30. The first-order valence-electron chi connectivity index (χ1n) is 6.12. The SMILES string of the molecule is CC(C)c1ccc2c(c1)OC(C(C)C)CN2. The Kier molecular flexibility index (Phi) is 3.08. The normalized spacial score (nSPS) is 19.2. The van der Waals surface area contributed by atoms with Crippen molar-refractivity contribution in [3.63, 3.8) is 0 Å². The number of anilines is 1. The van der Waals surface area contributed by atoms with E-state index in [1.165, 1.54) is 5.56 Å². The Morgan fingerprint density at radius 3 is 2.62 bits per heavy atom. The van der Waals surface area contributed by atoms with Gasteiger partial charge >= 0.3 is 0 Å². The Bertz CT molecular complexity index is 371. The van der Waals surface area contributed by atoms with Gasteiger partial charge in [0.25, 0.3) is 0 Å². The molecule has 88 valence electrons. The molecule has 1 aliphatic heterocycles. The number of nitrogens with one attached hydrogen (secondary N) is 1. The van der Waals surface area contributed by atoms with E-state index in [4.69, 9.17) is 4.74 Å². The van der Waals surface area contributed by atoms with E-state index >= 15 is 0 Å². The maximum Gasteiger partial charge on any atom is 0.143 e. The van der Waals surface area contributed by atoms with Crippen LogP contribution in [0.2, 0.25) is 0 Å². The summed E-state index contributed by atoms with van der Waals surface area (Å²) < 4.78 is 6.02. The summed E-state index contributed by atoms with van der Waals surface area (Å²) in [5.74, 6) is 2.10. The van der Waals surface area contributed by atoms with Crippen LogP contribution in [0.1, 0.15) is 39.2 Å². The molecule has 0 bridgehead atoms. The van der Waals surface area contributed by atoms with Crippen LogP contribution in [0.15, 0.2) is 18.2 Å². The molecule has 1 aromatic rings. The number of hydrogen-bond acceptors (Lipinski definition) is 2. The van der Waals surface area contributed by atoms with E-state index in [0.717, 1.165) is 18.0 Å². The van der Waals surface area contributed by atoms with E-state index in [0.29, 0.717) is 11.8 Å². The van der Waals surface area contributed by atoms with Crippen molar-refractivity contribution in [3.05, 3.63) is 23.8 Å².